The molecule has 16 nitrogen and oxygen atoms in total. The molecule has 1 aliphatic rings. The highest BCUT2D eigenvalue weighted by molar-refractivity contribution is 5.88. The van der Waals surface area contributed by atoms with Gasteiger partial charge >= 0.3 is 12.2 Å². The van der Waals surface area contributed by atoms with Gasteiger partial charge in [0, 0.05) is 31.5 Å². The maximum Gasteiger partial charge on any atom is 0.407 e. The zero-order chi connectivity index (χ0) is 40.8. The largest absolute Gasteiger partial charge is 0.465 e. The number of nitrogens with one attached hydrogen (secondary N) is 3. The summed E-state index contributed by atoms with van der Waals surface area (Å²) in [6.07, 6.45) is 7.97. The van der Waals surface area contributed by atoms with Gasteiger partial charge in [-0.05, 0) is 36.5 Å². The lowest BCUT2D eigenvalue weighted by molar-refractivity contribution is -0.135. The molecule has 1 fully saturated rings. The van der Waals surface area contributed by atoms with Gasteiger partial charge in [0.05, 0.1) is 49.2 Å². The van der Waals surface area contributed by atoms with Crippen LogP contribution in [-0.4, -0.2) is 89.1 Å². The molecule has 4 amide bonds. The summed E-state index contributed by atoms with van der Waals surface area (Å²) in [4.78, 5) is 76.2. The van der Waals surface area contributed by atoms with E-state index < -0.39 is 30.3 Å². The maximum atomic E-state index is 13.8. The number of hydrogen-bond acceptors (Lipinski definition) is 9. The predicted octanol–water partition coefficient (Wildman–Crippen LogP) is 6.01. The Balaban J connectivity index is 1.03. The number of carbonyl (C=O) groups is 4. The van der Waals surface area contributed by atoms with Gasteiger partial charge in [0.15, 0.2) is 5.82 Å². The van der Waals surface area contributed by atoms with Gasteiger partial charge in [0.25, 0.3) is 5.91 Å². The van der Waals surface area contributed by atoms with E-state index >= 15 is 0 Å². The van der Waals surface area contributed by atoms with Gasteiger partial charge < -0.3 is 35.3 Å². The van der Waals surface area contributed by atoms with E-state index in [0.717, 1.165) is 23.2 Å². The molecule has 6 aromatic rings. The molecule has 0 saturated carbocycles. The summed E-state index contributed by atoms with van der Waals surface area (Å²) in [5, 5.41) is 14.6. The SMILES string of the molecule is COC(=O)N[C@@H](C(=O)N(C)[C@@H](C)c1ncc(-c2ccc(-c3ncc(-n4ccnc4[C@@H]4CCCN4C(=O)[C@H](NC(=O)O)c4ccccc4)cn3)cc2)[nH]1)c1ccccc1. The first-order valence-corrected chi connectivity index (χ1v) is 18.6. The van der Waals surface area contributed by atoms with E-state index in [-0.39, 0.29) is 17.9 Å². The molecule has 0 bridgehead atoms. The molecule has 4 atom stereocenters. The van der Waals surface area contributed by atoms with Crippen LogP contribution >= 0.6 is 0 Å². The number of methoxy groups -OCH3 is 1. The van der Waals surface area contributed by atoms with Crippen molar-refractivity contribution >= 4 is 24.0 Å². The van der Waals surface area contributed by atoms with Gasteiger partial charge in [-0.25, -0.2) is 29.5 Å². The molecular weight excluding hydrogens is 741 g/mol. The van der Waals surface area contributed by atoms with Crippen molar-refractivity contribution in [2.75, 3.05) is 20.7 Å². The highest BCUT2D eigenvalue weighted by Crippen LogP contribution is 2.35. The minimum absolute atomic E-state index is 0.334. The van der Waals surface area contributed by atoms with Crippen molar-refractivity contribution < 1.29 is 29.0 Å². The fraction of sp³-hybridized carbons (Fsp3) is 0.238. The summed E-state index contributed by atoms with van der Waals surface area (Å²) in [7, 11) is 2.91. The molecule has 1 saturated heterocycles. The van der Waals surface area contributed by atoms with Crippen molar-refractivity contribution in [3.63, 3.8) is 0 Å². The highest BCUT2D eigenvalue weighted by Gasteiger charge is 2.38. The van der Waals surface area contributed by atoms with E-state index in [1.165, 1.54) is 12.0 Å². The normalized spacial score (nSPS) is 15.2. The second-order valence-electron chi connectivity index (χ2n) is 13.8. The number of aromatic amines is 1. The molecule has 16 heteroatoms. The fourth-order valence-electron chi connectivity index (χ4n) is 7.08. The maximum absolute atomic E-state index is 13.8. The monoisotopic (exact) mass is 782 g/mol. The van der Waals surface area contributed by atoms with Crippen LogP contribution in [0.2, 0.25) is 0 Å². The highest BCUT2D eigenvalue weighted by atomic mass is 16.5. The minimum Gasteiger partial charge on any atom is -0.465 e. The van der Waals surface area contributed by atoms with Crippen molar-refractivity contribution in [2.24, 2.45) is 0 Å². The number of carbonyl (C=O) groups excluding carboxylic acids is 3. The Morgan fingerprint density at radius 1 is 0.845 bits per heavy atom. The van der Waals surface area contributed by atoms with E-state index in [0.29, 0.717) is 47.3 Å². The number of imidazole rings is 2. The zero-order valence-corrected chi connectivity index (χ0v) is 32.0. The van der Waals surface area contributed by atoms with Gasteiger partial charge in [-0.1, -0.05) is 84.9 Å². The molecular formula is C42H42N10O6. The lowest BCUT2D eigenvalue weighted by Gasteiger charge is -2.29. The Labute approximate surface area is 334 Å². The van der Waals surface area contributed by atoms with Gasteiger partial charge in [-0.15, -0.1) is 0 Å². The van der Waals surface area contributed by atoms with E-state index in [1.54, 1.807) is 91.5 Å². The minimum atomic E-state index is -1.28. The number of benzene rings is 3. The molecule has 0 aliphatic carbocycles. The number of amides is 4. The van der Waals surface area contributed by atoms with Crippen LogP contribution in [0.1, 0.15) is 66.7 Å². The molecule has 0 radical (unpaired) electrons. The smallest absolute Gasteiger partial charge is 0.407 e. The standard InChI is InChI=1S/C42H42N10O6/c1-26(50(2)39(53)34(49-42(57)58-3)28-11-6-4-7-12-28)36-46-25-32(47-36)27-16-18-30(19-17-27)37-44-23-31(24-45-37)51-22-20-43-38(51)33-15-10-21-52(33)40(54)35(48-41(55)56)29-13-8-5-9-14-29/h4-9,11-14,16-20,22-26,33-35,48H,10,15,21H2,1-3H3,(H,46,47)(H,49,57)(H,55,56)/t26-,33-,34+,35+/m0/s1. The lowest BCUT2D eigenvalue weighted by atomic mass is 10.0. The molecule has 3 aromatic carbocycles. The van der Waals surface area contributed by atoms with Crippen molar-refractivity contribution in [1.82, 2.24) is 49.9 Å². The Morgan fingerprint density at radius 3 is 2.12 bits per heavy atom. The van der Waals surface area contributed by atoms with Gasteiger partial charge in [-0.2, -0.15) is 0 Å². The number of nitrogens with zero attached hydrogens (tertiary/aromatic N) is 7. The number of hydrogen-bond donors (Lipinski definition) is 4. The molecule has 0 unspecified atom stereocenters. The van der Waals surface area contributed by atoms with Gasteiger partial charge in [0.2, 0.25) is 5.91 Å². The molecule has 4 heterocycles. The number of alkyl carbamates (subject to hydrolysis) is 1. The van der Waals surface area contributed by atoms with Crippen molar-refractivity contribution in [3.8, 4) is 28.3 Å². The molecule has 0 spiro atoms. The predicted molar refractivity (Wildman–Crippen MR) is 212 cm³/mol. The summed E-state index contributed by atoms with van der Waals surface area (Å²) in [5.74, 6) is 1.03. The van der Waals surface area contributed by atoms with Gasteiger partial charge in [0.1, 0.15) is 23.7 Å². The number of carboxylic acid groups (broad SMARTS) is 1. The van der Waals surface area contributed by atoms with Crippen LogP contribution in [0, 0.1) is 0 Å². The van der Waals surface area contributed by atoms with Crippen LogP contribution in [0.3, 0.4) is 0 Å². The summed E-state index contributed by atoms with van der Waals surface area (Å²) in [5.41, 5.74) is 4.24. The second kappa shape index (κ2) is 17.2. The van der Waals surface area contributed by atoms with Crippen molar-refractivity contribution in [1.29, 1.82) is 0 Å². The number of H-pyrrole nitrogens is 1. The van der Waals surface area contributed by atoms with Crippen molar-refractivity contribution in [2.45, 2.75) is 43.9 Å². The summed E-state index contributed by atoms with van der Waals surface area (Å²) >= 11 is 0. The third kappa shape index (κ3) is 8.26. The zero-order valence-electron chi connectivity index (χ0n) is 32.0. The van der Waals surface area contributed by atoms with Crippen LogP contribution < -0.4 is 10.6 Å². The van der Waals surface area contributed by atoms with Gasteiger partial charge in [-0.3, -0.25) is 14.2 Å². The third-order valence-corrected chi connectivity index (χ3v) is 10.3. The summed E-state index contributed by atoms with van der Waals surface area (Å²) < 4.78 is 6.62. The molecule has 4 N–H and O–H groups in total. The number of rotatable bonds is 12. The van der Waals surface area contributed by atoms with E-state index in [1.807, 2.05) is 47.9 Å². The first kappa shape index (κ1) is 38.9. The fourth-order valence-corrected chi connectivity index (χ4v) is 7.08. The second-order valence-corrected chi connectivity index (χ2v) is 13.8. The molecule has 1 aliphatic heterocycles. The van der Waals surface area contributed by atoms with E-state index in [2.05, 4.69) is 35.6 Å². The van der Waals surface area contributed by atoms with Crippen LogP contribution in [0.5, 0.6) is 0 Å². The van der Waals surface area contributed by atoms with Crippen LogP contribution in [-0.2, 0) is 14.3 Å². The van der Waals surface area contributed by atoms with Crippen LogP contribution in [0.4, 0.5) is 9.59 Å². The summed E-state index contributed by atoms with van der Waals surface area (Å²) in [6.45, 7) is 2.32. The van der Waals surface area contributed by atoms with E-state index in [4.69, 9.17) is 4.74 Å². The number of ether oxygens (including phenoxy) is 1. The van der Waals surface area contributed by atoms with Crippen molar-refractivity contribution in [3.05, 3.63) is 139 Å². The number of likely N-dealkylation sites (tertiary alicyclic amines) is 1. The quantitative estimate of drug-likeness (QED) is 0.114. The average Bonchev–Trinajstić information content (AvgIpc) is 4.06. The lowest BCUT2D eigenvalue weighted by Crippen LogP contribution is -2.42. The topological polar surface area (TPSA) is 201 Å². The molecule has 58 heavy (non-hydrogen) atoms. The average molecular weight is 783 g/mol. The Kier molecular flexibility index (Phi) is 11.5. The molecule has 296 valence electrons. The third-order valence-electron chi connectivity index (χ3n) is 10.3. The van der Waals surface area contributed by atoms with E-state index in [9.17, 15) is 24.3 Å². The Hall–Kier alpha value is -7.36. The van der Waals surface area contributed by atoms with Crippen LogP contribution in [0.15, 0.2) is 116 Å². The molecule has 7 rings (SSSR count). The Bertz CT molecular complexity index is 2370. The Morgan fingerprint density at radius 2 is 1.48 bits per heavy atom. The van der Waals surface area contributed by atoms with Crippen LogP contribution in [0.25, 0.3) is 28.3 Å². The first-order chi connectivity index (χ1) is 28.1. The summed E-state index contributed by atoms with van der Waals surface area (Å²) in [6, 6.07) is 22.6. The molecule has 3 aromatic heterocycles. The number of likely N-dealkylation sites (N-methyl/N-ethyl adjacent to an activating group) is 1. The first-order valence-electron chi connectivity index (χ1n) is 18.6. The number of aromatic nitrogens is 6.